The molecule has 0 bridgehead atoms. The van der Waals surface area contributed by atoms with Gasteiger partial charge in [-0.3, -0.25) is 14.9 Å². The number of likely N-dealkylation sites (tertiary alicyclic amines) is 1. The number of nitrogens with one attached hydrogen (secondary N) is 2. The van der Waals surface area contributed by atoms with E-state index in [1.54, 1.807) is 42.5 Å². The molecule has 2 N–H and O–H groups in total. The number of rotatable bonds is 7. The average molecular weight is 426 g/mol. The van der Waals surface area contributed by atoms with Gasteiger partial charge in [0.15, 0.2) is 5.11 Å². The second-order valence-corrected chi connectivity index (χ2v) is 7.62. The number of thiocarbonyl (C=S) groups is 1. The maximum absolute atomic E-state index is 12.5. The van der Waals surface area contributed by atoms with Gasteiger partial charge in [0.25, 0.3) is 11.8 Å². The summed E-state index contributed by atoms with van der Waals surface area (Å²) < 4.78 is 5.65. The molecule has 2 aromatic rings. The first-order valence-corrected chi connectivity index (χ1v) is 10.7. The number of carbonyl (C=O) groups is 2. The summed E-state index contributed by atoms with van der Waals surface area (Å²) in [6.45, 7) is 4.36. The Bertz CT molecular complexity index is 893. The number of carbonyl (C=O) groups excluding carboxylic acids is 2. The number of unbranched alkanes of at least 4 members (excludes halogenated alkanes) is 1. The van der Waals surface area contributed by atoms with Gasteiger partial charge in [0, 0.05) is 29.9 Å². The second kappa shape index (κ2) is 10.7. The summed E-state index contributed by atoms with van der Waals surface area (Å²) in [6, 6.07) is 14.1. The lowest BCUT2D eigenvalue weighted by molar-refractivity contribution is 0.0792. The Morgan fingerprint density at radius 3 is 2.50 bits per heavy atom. The van der Waals surface area contributed by atoms with Crippen LogP contribution in [0.25, 0.3) is 0 Å². The number of ether oxygens (including phenoxy) is 1. The smallest absolute Gasteiger partial charge is 0.257 e. The highest BCUT2D eigenvalue weighted by Crippen LogP contribution is 2.16. The summed E-state index contributed by atoms with van der Waals surface area (Å²) in [4.78, 5) is 26.7. The lowest BCUT2D eigenvalue weighted by Crippen LogP contribution is -2.34. The van der Waals surface area contributed by atoms with E-state index in [9.17, 15) is 9.59 Å². The summed E-state index contributed by atoms with van der Waals surface area (Å²) in [5.41, 5.74) is 1.83. The van der Waals surface area contributed by atoms with E-state index in [2.05, 4.69) is 17.6 Å². The van der Waals surface area contributed by atoms with Gasteiger partial charge in [-0.05, 0) is 73.9 Å². The van der Waals surface area contributed by atoms with E-state index in [1.165, 1.54) is 0 Å². The molecular formula is C23H27N3O3S. The van der Waals surface area contributed by atoms with Gasteiger partial charge in [0.1, 0.15) is 5.75 Å². The maximum atomic E-state index is 12.5. The van der Waals surface area contributed by atoms with Crippen LogP contribution in [0.15, 0.2) is 48.5 Å². The molecule has 1 heterocycles. The molecule has 30 heavy (non-hydrogen) atoms. The third-order valence-electron chi connectivity index (χ3n) is 4.87. The molecule has 0 atom stereocenters. The number of benzene rings is 2. The van der Waals surface area contributed by atoms with Crippen molar-refractivity contribution in [3.05, 3.63) is 59.7 Å². The highest BCUT2D eigenvalue weighted by Gasteiger charge is 2.19. The molecule has 2 aromatic carbocycles. The maximum Gasteiger partial charge on any atom is 0.257 e. The van der Waals surface area contributed by atoms with E-state index in [0.29, 0.717) is 29.2 Å². The standard InChI is InChI=1S/C23H27N3O3S/c1-2-3-15-29-20-8-6-7-18(16-20)21(27)25-23(30)24-19-11-9-17(10-12-19)22(28)26-13-4-5-14-26/h6-12,16H,2-5,13-15H2,1H3,(H2,24,25,27,30). The zero-order chi connectivity index (χ0) is 21.3. The van der Waals surface area contributed by atoms with Gasteiger partial charge in [0.05, 0.1) is 6.61 Å². The highest BCUT2D eigenvalue weighted by atomic mass is 32.1. The summed E-state index contributed by atoms with van der Waals surface area (Å²) in [6.07, 6.45) is 4.14. The van der Waals surface area contributed by atoms with Crippen molar-refractivity contribution in [2.45, 2.75) is 32.6 Å². The van der Waals surface area contributed by atoms with Crippen LogP contribution in [0.1, 0.15) is 53.3 Å². The lowest BCUT2D eigenvalue weighted by Gasteiger charge is -2.15. The molecule has 158 valence electrons. The van der Waals surface area contributed by atoms with Crippen LogP contribution in [0.3, 0.4) is 0 Å². The monoisotopic (exact) mass is 425 g/mol. The Balaban J connectivity index is 1.53. The van der Waals surface area contributed by atoms with Gasteiger partial charge < -0.3 is 15.0 Å². The number of hydrogen-bond donors (Lipinski definition) is 2. The molecule has 3 rings (SSSR count). The fourth-order valence-corrected chi connectivity index (χ4v) is 3.41. The molecule has 0 unspecified atom stereocenters. The molecule has 2 amide bonds. The van der Waals surface area contributed by atoms with Crippen molar-refractivity contribution in [1.29, 1.82) is 0 Å². The first-order chi connectivity index (χ1) is 14.6. The number of amides is 2. The molecular weight excluding hydrogens is 398 g/mol. The SMILES string of the molecule is CCCCOc1cccc(C(=O)NC(=S)Nc2ccc(C(=O)N3CCCC3)cc2)c1. The molecule has 1 fully saturated rings. The zero-order valence-corrected chi connectivity index (χ0v) is 18.0. The average Bonchev–Trinajstić information content (AvgIpc) is 3.29. The van der Waals surface area contributed by atoms with Gasteiger partial charge in [-0.2, -0.15) is 0 Å². The predicted molar refractivity (Wildman–Crippen MR) is 122 cm³/mol. The Morgan fingerprint density at radius 2 is 1.80 bits per heavy atom. The van der Waals surface area contributed by atoms with Gasteiger partial charge in [-0.1, -0.05) is 19.4 Å². The summed E-state index contributed by atoms with van der Waals surface area (Å²) in [5.74, 6) is 0.401. The van der Waals surface area contributed by atoms with E-state index < -0.39 is 0 Å². The third kappa shape index (κ3) is 6.03. The Morgan fingerprint density at radius 1 is 1.07 bits per heavy atom. The lowest BCUT2D eigenvalue weighted by atomic mass is 10.2. The zero-order valence-electron chi connectivity index (χ0n) is 17.1. The number of nitrogens with zero attached hydrogens (tertiary/aromatic N) is 1. The van der Waals surface area contributed by atoms with Crippen LogP contribution in [-0.2, 0) is 0 Å². The molecule has 6 nitrogen and oxygen atoms in total. The number of anilines is 1. The van der Waals surface area contributed by atoms with Crippen LogP contribution in [0.5, 0.6) is 5.75 Å². The van der Waals surface area contributed by atoms with E-state index in [0.717, 1.165) is 38.8 Å². The van der Waals surface area contributed by atoms with E-state index in [1.807, 2.05) is 11.0 Å². The summed E-state index contributed by atoms with van der Waals surface area (Å²) >= 11 is 5.25. The van der Waals surface area contributed by atoms with Crippen LogP contribution in [-0.4, -0.2) is 41.5 Å². The molecule has 0 saturated carbocycles. The minimum absolute atomic E-state index is 0.0518. The van der Waals surface area contributed by atoms with Crippen molar-refractivity contribution >= 4 is 34.8 Å². The molecule has 0 spiro atoms. The first kappa shape index (κ1) is 21.8. The van der Waals surface area contributed by atoms with Crippen molar-refractivity contribution in [2.24, 2.45) is 0 Å². The largest absolute Gasteiger partial charge is 0.494 e. The van der Waals surface area contributed by atoms with Crippen molar-refractivity contribution < 1.29 is 14.3 Å². The molecule has 0 radical (unpaired) electrons. The van der Waals surface area contributed by atoms with Gasteiger partial charge in [0.2, 0.25) is 0 Å². The van der Waals surface area contributed by atoms with Crippen LogP contribution in [0.2, 0.25) is 0 Å². The van der Waals surface area contributed by atoms with Crippen molar-refractivity contribution in [3.8, 4) is 5.75 Å². The molecule has 1 saturated heterocycles. The number of hydrogen-bond acceptors (Lipinski definition) is 4. The fourth-order valence-electron chi connectivity index (χ4n) is 3.20. The normalized spacial score (nSPS) is 13.0. The predicted octanol–water partition coefficient (Wildman–Crippen LogP) is 4.23. The Kier molecular flexibility index (Phi) is 7.79. The molecule has 0 aromatic heterocycles. The van der Waals surface area contributed by atoms with Crippen LogP contribution >= 0.6 is 12.2 Å². The molecule has 1 aliphatic heterocycles. The minimum Gasteiger partial charge on any atom is -0.494 e. The van der Waals surface area contributed by atoms with Gasteiger partial charge in [-0.15, -0.1) is 0 Å². The van der Waals surface area contributed by atoms with Gasteiger partial charge >= 0.3 is 0 Å². The topological polar surface area (TPSA) is 70.7 Å². The third-order valence-corrected chi connectivity index (χ3v) is 5.08. The molecule has 7 heteroatoms. The van der Waals surface area contributed by atoms with Crippen LogP contribution < -0.4 is 15.4 Å². The Hall–Kier alpha value is -2.93. The van der Waals surface area contributed by atoms with E-state index in [4.69, 9.17) is 17.0 Å². The summed E-state index contributed by atoms with van der Waals surface area (Å²) in [5, 5.41) is 5.84. The summed E-state index contributed by atoms with van der Waals surface area (Å²) in [7, 11) is 0. The molecule has 1 aliphatic rings. The van der Waals surface area contributed by atoms with Crippen LogP contribution in [0.4, 0.5) is 5.69 Å². The van der Waals surface area contributed by atoms with Crippen LogP contribution in [0, 0.1) is 0 Å². The molecule has 0 aliphatic carbocycles. The quantitative estimate of drug-likeness (QED) is 0.513. The van der Waals surface area contributed by atoms with Crippen molar-refractivity contribution in [3.63, 3.8) is 0 Å². The van der Waals surface area contributed by atoms with Crippen molar-refractivity contribution in [2.75, 3.05) is 25.0 Å². The minimum atomic E-state index is -0.311. The van der Waals surface area contributed by atoms with E-state index >= 15 is 0 Å². The van der Waals surface area contributed by atoms with Crippen molar-refractivity contribution in [1.82, 2.24) is 10.2 Å². The fraction of sp³-hybridized carbons (Fsp3) is 0.348. The second-order valence-electron chi connectivity index (χ2n) is 7.21. The highest BCUT2D eigenvalue weighted by molar-refractivity contribution is 7.80. The van der Waals surface area contributed by atoms with E-state index in [-0.39, 0.29) is 16.9 Å². The Labute approximate surface area is 182 Å². The first-order valence-electron chi connectivity index (χ1n) is 10.3. The van der Waals surface area contributed by atoms with Gasteiger partial charge in [-0.25, -0.2) is 0 Å².